The Morgan fingerprint density at radius 1 is 0.367 bits per heavy atom. The Labute approximate surface area is 351 Å². The predicted molar refractivity (Wildman–Crippen MR) is 254 cm³/mol. The Kier molecular flexibility index (Phi) is 7.36. The predicted octanol–water partition coefficient (Wildman–Crippen LogP) is 15.7. The van der Waals surface area contributed by atoms with E-state index < -0.39 is 0 Å². The van der Waals surface area contributed by atoms with E-state index in [9.17, 15) is 0 Å². The van der Waals surface area contributed by atoms with E-state index in [0.29, 0.717) is 0 Å². The van der Waals surface area contributed by atoms with Gasteiger partial charge in [0.05, 0.1) is 11.0 Å². The van der Waals surface area contributed by atoms with Crippen molar-refractivity contribution in [2.45, 2.75) is 38.5 Å². The minimum atomic E-state index is -0.105. The van der Waals surface area contributed by atoms with Gasteiger partial charge in [-0.15, -0.1) is 0 Å². The van der Waals surface area contributed by atoms with Crippen LogP contribution in [0.3, 0.4) is 0 Å². The van der Waals surface area contributed by atoms with Crippen LogP contribution in [0.15, 0.2) is 194 Å². The maximum absolute atomic E-state index is 2.46. The molecule has 0 atom stereocenters. The standard InChI is InChI=1S/C58H44N2/c1-57(2)51-21-13-11-19-46(51)48-35-42(29-31-52(48)57)59(43-28-30-47-45-18-10-12-20-50(45)58(3,4)53(47)36-43)41-26-22-37(23-27-41)39-25-32-54-49(34-39)56-44-17-9-8-14-38(44)24-33-55(56)60(54)40-15-6-5-7-16-40/h5-36H,1-4H3. The molecule has 0 spiro atoms. The number of fused-ring (bicyclic) bond motifs is 11. The van der Waals surface area contributed by atoms with Crippen LogP contribution in [0.5, 0.6) is 0 Å². The molecule has 0 fully saturated rings. The minimum Gasteiger partial charge on any atom is -0.310 e. The monoisotopic (exact) mass is 768 g/mol. The molecule has 9 aromatic carbocycles. The Morgan fingerprint density at radius 3 is 1.72 bits per heavy atom. The molecule has 60 heavy (non-hydrogen) atoms. The number of hydrogen-bond acceptors (Lipinski definition) is 1. The van der Waals surface area contributed by atoms with Gasteiger partial charge in [-0.2, -0.15) is 0 Å². The molecule has 0 saturated carbocycles. The second-order valence-corrected chi connectivity index (χ2v) is 17.8. The van der Waals surface area contributed by atoms with E-state index in [4.69, 9.17) is 0 Å². The zero-order valence-electron chi connectivity index (χ0n) is 34.4. The molecule has 12 rings (SSSR count). The number of rotatable bonds is 5. The number of nitrogens with zero attached hydrogens (tertiary/aromatic N) is 2. The van der Waals surface area contributed by atoms with Crippen LogP contribution in [0.2, 0.25) is 0 Å². The molecule has 2 nitrogen and oxygen atoms in total. The highest BCUT2D eigenvalue weighted by Crippen LogP contribution is 2.53. The number of anilines is 3. The van der Waals surface area contributed by atoms with Crippen molar-refractivity contribution in [3.05, 3.63) is 216 Å². The molecule has 2 aliphatic rings. The van der Waals surface area contributed by atoms with Gasteiger partial charge in [-0.25, -0.2) is 0 Å². The maximum Gasteiger partial charge on any atom is 0.0547 e. The van der Waals surface area contributed by atoms with Gasteiger partial charge in [0.1, 0.15) is 0 Å². The third-order valence-electron chi connectivity index (χ3n) is 13.8. The van der Waals surface area contributed by atoms with Gasteiger partial charge in [-0.1, -0.05) is 155 Å². The average Bonchev–Trinajstić information content (AvgIpc) is 3.83. The Hall–Kier alpha value is -7.16. The van der Waals surface area contributed by atoms with Crippen LogP contribution in [-0.2, 0) is 10.8 Å². The molecule has 0 N–H and O–H groups in total. The van der Waals surface area contributed by atoms with Crippen molar-refractivity contribution in [2.24, 2.45) is 0 Å². The number of hydrogen-bond donors (Lipinski definition) is 0. The fourth-order valence-corrected chi connectivity index (χ4v) is 10.8. The summed E-state index contributed by atoms with van der Waals surface area (Å²) >= 11 is 0. The first kappa shape index (κ1) is 34.8. The molecule has 2 heteroatoms. The summed E-state index contributed by atoms with van der Waals surface area (Å²) in [7, 11) is 0. The number of benzene rings is 9. The van der Waals surface area contributed by atoms with Crippen molar-refractivity contribution < 1.29 is 0 Å². The van der Waals surface area contributed by atoms with E-state index in [-0.39, 0.29) is 10.8 Å². The van der Waals surface area contributed by atoms with Gasteiger partial charge in [0, 0.05) is 44.4 Å². The van der Waals surface area contributed by atoms with E-state index in [1.54, 1.807) is 0 Å². The highest BCUT2D eigenvalue weighted by molar-refractivity contribution is 6.22. The van der Waals surface area contributed by atoms with E-state index in [2.05, 4.69) is 231 Å². The van der Waals surface area contributed by atoms with Gasteiger partial charge < -0.3 is 9.47 Å². The van der Waals surface area contributed by atoms with Crippen LogP contribution in [0.25, 0.3) is 71.6 Å². The Morgan fingerprint density at radius 2 is 0.933 bits per heavy atom. The zero-order valence-corrected chi connectivity index (χ0v) is 34.4. The highest BCUT2D eigenvalue weighted by Gasteiger charge is 2.37. The minimum absolute atomic E-state index is 0.0545. The van der Waals surface area contributed by atoms with Crippen LogP contribution in [-0.4, -0.2) is 4.57 Å². The second kappa shape index (κ2) is 12.7. The summed E-state index contributed by atoms with van der Waals surface area (Å²) in [6.07, 6.45) is 0. The van der Waals surface area contributed by atoms with Gasteiger partial charge in [0.2, 0.25) is 0 Å². The SMILES string of the molecule is CC1(C)c2ccccc2-c2cc(N(c3ccc(-c4ccc5c(c4)c4c6ccccc6ccc4n5-c4ccccc4)cc3)c3ccc4c(c3)C(C)(C)c3ccccc3-4)ccc21. The molecule has 0 unspecified atom stereocenters. The lowest BCUT2D eigenvalue weighted by molar-refractivity contribution is 0.660. The van der Waals surface area contributed by atoms with Crippen molar-refractivity contribution in [1.29, 1.82) is 0 Å². The summed E-state index contributed by atoms with van der Waals surface area (Å²) in [5.41, 5.74) is 20.1. The molecule has 10 aromatic rings. The smallest absolute Gasteiger partial charge is 0.0547 e. The molecule has 0 saturated heterocycles. The first-order chi connectivity index (χ1) is 29.3. The van der Waals surface area contributed by atoms with Gasteiger partial charge in [-0.05, 0) is 133 Å². The van der Waals surface area contributed by atoms with Gasteiger partial charge >= 0.3 is 0 Å². The molecule has 2 aliphatic carbocycles. The summed E-state index contributed by atoms with van der Waals surface area (Å²) in [6, 6.07) is 72.3. The summed E-state index contributed by atoms with van der Waals surface area (Å²) < 4.78 is 2.41. The molecule has 1 heterocycles. The lowest BCUT2D eigenvalue weighted by Gasteiger charge is -2.29. The summed E-state index contributed by atoms with van der Waals surface area (Å²) in [4.78, 5) is 2.46. The van der Waals surface area contributed by atoms with Crippen molar-refractivity contribution in [1.82, 2.24) is 4.57 Å². The van der Waals surface area contributed by atoms with Crippen molar-refractivity contribution in [3.63, 3.8) is 0 Å². The zero-order chi connectivity index (χ0) is 40.3. The molecule has 1 aromatic heterocycles. The third kappa shape index (κ3) is 4.94. The van der Waals surface area contributed by atoms with Crippen LogP contribution in [0.4, 0.5) is 17.1 Å². The van der Waals surface area contributed by atoms with Crippen LogP contribution >= 0.6 is 0 Å². The van der Waals surface area contributed by atoms with Crippen molar-refractivity contribution >= 4 is 49.6 Å². The largest absolute Gasteiger partial charge is 0.310 e. The second-order valence-electron chi connectivity index (χ2n) is 17.8. The molecule has 0 amide bonds. The highest BCUT2D eigenvalue weighted by atomic mass is 15.1. The summed E-state index contributed by atoms with van der Waals surface area (Å²) in [5.74, 6) is 0. The van der Waals surface area contributed by atoms with Crippen LogP contribution in [0, 0.1) is 0 Å². The van der Waals surface area contributed by atoms with E-state index in [1.165, 1.54) is 93.9 Å². The molecule has 286 valence electrons. The molecule has 0 aliphatic heterocycles. The lowest BCUT2D eigenvalue weighted by Crippen LogP contribution is -2.17. The molecular weight excluding hydrogens is 725 g/mol. The van der Waals surface area contributed by atoms with Crippen molar-refractivity contribution in [3.8, 4) is 39.1 Å². The average molecular weight is 769 g/mol. The normalized spacial score (nSPS) is 14.3. The lowest BCUT2D eigenvalue weighted by atomic mass is 9.82. The quantitative estimate of drug-likeness (QED) is 0.169. The fourth-order valence-electron chi connectivity index (χ4n) is 10.8. The Bertz CT molecular complexity index is 3360. The maximum atomic E-state index is 2.46. The van der Waals surface area contributed by atoms with E-state index in [1.807, 2.05) is 0 Å². The van der Waals surface area contributed by atoms with E-state index in [0.717, 1.165) is 17.1 Å². The molecule has 0 bridgehead atoms. The fraction of sp³-hybridized carbons (Fsp3) is 0.103. The molecule has 0 radical (unpaired) electrons. The van der Waals surface area contributed by atoms with E-state index >= 15 is 0 Å². The van der Waals surface area contributed by atoms with Crippen molar-refractivity contribution in [2.75, 3.05) is 4.90 Å². The van der Waals surface area contributed by atoms with Gasteiger partial charge in [-0.3, -0.25) is 0 Å². The first-order valence-corrected chi connectivity index (χ1v) is 21.2. The topological polar surface area (TPSA) is 8.17 Å². The first-order valence-electron chi connectivity index (χ1n) is 21.2. The molecular formula is C58H44N2. The van der Waals surface area contributed by atoms with Crippen LogP contribution in [0.1, 0.15) is 49.9 Å². The van der Waals surface area contributed by atoms with Gasteiger partial charge in [0.25, 0.3) is 0 Å². The van der Waals surface area contributed by atoms with Crippen LogP contribution < -0.4 is 4.90 Å². The summed E-state index contributed by atoms with van der Waals surface area (Å²) in [5, 5.41) is 5.08. The third-order valence-corrected chi connectivity index (χ3v) is 13.8. The number of aromatic nitrogens is 1. The summed E-state index contributed by atoms with van der Waals surface area (Å²) in [6.45, 7) is 9.44. The Balaban J connectivity index is 1.01. The van der Waals surface area contributed by atoms with Gasteiger partial charge in [0.15, 0.2) is 0 Å². The number of para-hydroxylation sites is 1.